The van der Waals surface area contributed by atoms with Crippen molar-refractivity contribution in [2.45, 2.75) is 13.0 Å². The first kappa shape index (κ1) is 13.1. The highest BCUT2D eigenvalue weighted by Crippen LogP contribution is 2.18. The molecule has 1 aliphatic heterocycles. The number of aryl methyl sites for hydroxylation is 1. The van der Waals surface area contributed by atoms with E-state index in [9.17, 15) is 4.79 Å². The van der Waals surface area contributed by atoms with E-state index in [1.807, 2.05) is 24.1 Å². The molecule has 98 valence electrons. The highest BCUT2D eigenvalue weighted by Gasteiger charge is 2.22. The third kappa shape index (κ3) is 2.89. The van der Waals surface area contributed by atoms with Crippen LogP contribution in [0.4, 0.5) is 0 Å². The Labute approximate surface area is 108 Å². The summed E-state index contributed by atoms with van der Waals surface area (Å²) in [6.45, 7) is 4.33. The second-order valence-corrected chi connectivity index (χ2v) is 4.59. The molecule has 1 atom stereocenters. The van der Waals surface area contributed by atoms with E-state index in [1.165, 1.54) is 11.1 Å². The minimum Gasteiger partial charge on any atom is -0.370 e. The van der Waals surface area contributed by atoms with Gasteiger partial charge in [-0.15, -0.1) is 0 Å². The van der Waals surface area contributed by atoms with Gasteiger partial charge in [-0.2, -0.15) is 0 Å². The average Bonchev–Trinajstić information content (AvgIpc) is 2.39. The maximum absolute atomic E-state index is 11.7. The lowest BCUT2D eigenvalue weighted by Gasteiger charge is -2.31. The van der Waals surface area contributed by atoms with E-state index in [-0.39, 0.29) is 18.6 Å². The number of likely N-dealkylation sites (N-methyl/N-ethyl adjacent to an activating group) is 1. The lowest BCUT2D eigenvalue weighted by molar-refractivity contribution is -0.143. The first-order valence-electron chi connectivity index (χ1n) is 6.30. The summed E-state index contributed by atoms with van der Waals surface area (Å²) in [6.07, 6.45) is 0. The Morgan fingerprint density at radius 3 is 2.89 bits per heavy atom. The molecule has 0 spiro atoms. The number of ether oxygens (including phenoxy) is 1. The van der Waals surface area contributed by atoms with Gasteiger partial charge in [0.2, 0.25) is 5.91 Å². The van der Waals surface area contributed by atoms with Crippen LogP contribution in [-0.2, 0) is 9.53 Å². The highest BCUT2D eigenvalue weighted by atomic mass is 16.5. The van der Waals surface area contributed by atoms with Gasteiger partial charge in [0.15, 0.2) is 0 Å². The minimum absolute atomic E-state index is 0.0788. The molecule has 1 unspecified atom stereocenters. The highest BCUT2D eigenvalue weighted by molar-refractivity contribution is 5.78. The van der Waals surface area contributed by atoms with Crippen LogP contribution in [-0.4, -0.2) is 44.2 Å². The summed E-state index contributed by atoms with van der Waals surface area (Å²) in [5, 5.41) is 3.29. The molecule has 1 amide bonds. The number of morpholine rings is 1. The van der Waals surface area contributed by atoms with Crippen LogP contribution in [0, 0.1) is 6.92 Å². The van der Waals surface area contributed by atoms with Gasteiger partial charge < -0.3 is 15.0 Å². The maximum Gasteiger partial charge on any atom is 0.248 e. The Hall–Kier alpha value is -1.39. The lowest BCUT2D eigenvalue weighted by atomic mass is 10.0. The van der Waals surface area contributed by atoms with Crippen LogP contribution < -0.4 is 5.32 Å². The van der Waals surface area contributed by atoms with Gasteiger partial charge in [-0.05, 0) is 25.1 Å². The van der Waals surface area contributed by atoms with Crippen molar-refractivity contribution in [1.29, 1.82) is 0 Å². The van der Waals surface area contributed by atoms with Crippen LogP contribution in [0.25, 0.3) is 0 Å². The summed E-state index contributed by atoms with van der Waals surface area (Å²) in [4.78, 5) is 13.6. The zero-order valence-electron chi connectivity index (χ0n) is 11.0. The number of benzene rings is 1. The predicted octanol–water partition coefficient (Wildman–Crippen LogP) is 1.11. The van der Waals surface area contributed by atoms with Crippen molar-refractivity contribution in [2.75, 3.05) is 33.4 Å². The van der Waals surface area contributed by atoms with E-state index in [1.54, 1.807) is 0 Å². The van der Waals surface area contributed by atoms with Gasteiger partial charge in [0.1, 0.15) is 6.61 Å². The van der Waals surface area contributed by atoms with Gasteiger partial charge >= 0.3 is 0 Å². The van der Waals surface area contributed by atoms with Gasteiger partial charge in [0.05, 0.1) is 6.61 Å². The normalized spacial score (nSPS) is 17.9. The molecular formula is C14H20N2O2. The molecule has 1 aromatic rings. The van der Waals surface area contributed by atoms with Crippen LogP contribution in [0.1, 0.15) is 17.2 Å². The molecule has 1 saturated heterocycles. The number of hydrogen-bond donors (Lipinski definition) is 1. The number of nitrogens with zero attached hydrogens (tertiary/aromatic N) is 1. The first-order valence-corrected chi connectivity index (χ1v) is 6.30. The van der Waals surface area contributed by atoms with Crippen LogP contribution >= 0.6 is 0 Å². The molecule has 0 aromatic heterocycles. The molecule has 0 aliphatic carbocycles. The van der Waals surface area contributed by atoms with Crippen LogP contribution in [0.2, 0.25) is 0 Å². The number of carbonyl (C=O) groups excluding carboxylic acids is 1. The molecule has 2 rings (SSSR count). The number of amides is 1. The zero-order valence-corrected chi connectivity index (χ0v) is 11.0. The largest absolute Gasteiger partial charge is 0.370 e. The number of rotatable bonds is 4. The third-order valence-corrected chi connectivity index (χ3v) is 3.40. The second kappa shape index (κ2) is 5.98. The molecule has 4 nitrogen and oxygen atoms in total. The monoisotopic (exact) mass is 248 g/mol. The fourth-order valence-corrected chi connectivity index (χ4v) is 2.29. The SMILES string of the molecule is CNC(CN1CCOCC1=O)c1ccccc1C. The van der Waals surface area contributed by atoms with Gasteiger partial charge in [0, 0.05) is 19.1 Å². The first-order chi connectivity index (χ1) is 8.72. The standard InChI is InChI=1S/C14H20N2O2/c1-11-5-3-4-6-12(11)13(15-2)9-16-7-8-18-10-14(16)17/h3-6,13,15H,7-10H2,1-2H3. The van der Waals surface area contributed by atoms with Crippen molar-refractivity contribution in [1.82, 2.24) is 10.2 Å². The van der Waals surface area contributed by atoms with Crippen molar-refractivity contribution < 1.29 is 9.53 Å². The van der Waals surface area contributed by atoms with Crippen molar-refractivity contribution in [3.8, 4) is 0 Å². The summed E-state index contributed by atoms with van der Waals surface area (Å²) in [7, 11) is 1.93. The molecule has 0 saturated carbocycles. The van der Waals surface area contributed by atoms with E-state index in [2.05, 4.69) is 24.4 Å². The Kier molecular flexibility index (Phi) is 4.33. The molecule has 1 fully saturated rings. The van der Waals surface area contributed by atoms with E-state index < -0.39 is 0 Å². The van der Waals surface area contributed by atoms with E-state index >= 15 is 0 Å². The minimum atomic E-state index is 0.0788. The molecular weight excluding hydrogens is 228 g/mol. The summed E-state index contributed by atoms with van der Waals surface area (Å²) >= 11 is 0. The fraction of sp³-hybridized carbons (Fsp3) is 0.500. The molecule has 0 bridgehead atoms. The van der Waals surface area contributed by atoms with Crippen molar-refractivity contribution >= 4 is 5.91 Å². The molecule has 1 N–H and O–H groups in total. The van der Waals surface area contributed by atoms with Crippen molar-refractivity contribution in [2.24, 2.45) is 0 Å². The number of carbonyl (C=O) groups is 1. The third-order valence-electron chi connectivity index (χ3n) is 3.40. The molecule has 1 aromatic carbocycles. The van der Waals surface area contributed by atoms with Crippen LogP contribution in [0.15, 0.2) is 24.3 Å². The molecule has 1 heterocycles. The van der Waals surface area contributed by atoms with Gasteiger partial charge in [-0.25, -0.2) is 0 Å². The quantitative estimate of drug-likeness (QED) is 0.868. The Morgan fingerprint density at radius 1 is 1.44 bits per heavy atom. The van der Waals surface area contributed by atoms with Crippen LogP contribution in [0.3, 0.4) is 0 Å². The van der Waals surface area contributed by atoms with E-state index in [0.29, 0.717) is 19.7 Å². The van der Waals surface area contributed by atoms with Gasteiger partial charge in [0.25, 0.3) is 0 Å². The van der Waals surface area contributed by atoms with Crippen molar-refractivity contribution in [3.05, 3.63) is 35.4 Å². The van der Waals surface area contributed by atoms with E-state index in [4.69, 9.17) is 4.74 Å². The zero-order chi connectivity index (χ0) is 13.0. The summed E-state index contributed by atoms with van der Waals surface area (Å²) in [5.41, 5.74) is 2.50. The van der Waals surface area contributed by atoms with E-state index in [0.717, 1.165) is 0 Å². The molecule has 0 radical (unpaired) electrons. The maximum atomic E-state index is 11.7. The molecule has 1 aliphatic rings. The Morgan fingerprint density at radius 2 is 2.22 bits per heavy atom. The summed E-state index contributed by atoms with van der Waals surface area (Å²) < 4.78 is 5.15. The smallest absolute Gasteiger partial charge is 0.248 e. The van der Waals surface area contributed by atoms with Gasteiger partial charge in [-0.1, -0.05) is 24.3 Å². The molecule has 4 heteroatoms. The second-order valence-electron chi connectivity index (χ2n) is 4.59. The van der Waals surface area contributed by atoms with Crippen LogP contribution in [0.5, 0.6) is 0 Å². The summed E-state index contributed by atoms with van der Waals surface area (Å²) in [5.74, 6) is 0.0788. The fourth-order valence-electron chi connectivity index (χ4n) is 2.29. The summed E-state index contributed by atoms with van der Waals surface area (Å²) in [6, 6.07) is 8.45. The van der Waals surface area contributed by atoms with Crippen molar-refractivity contribution in [3.63, 3.8) is 0 Å². The molecule has 18 heavy (non-hydrogen) atoms. The number of hydrogen-bond acceptors (Lipinski definition) is 3. The lowest BCUT2D eigenvalue weighted by Crippen LogP contribution is -2.45. The average molecular weight is 248 g/mol. The predicted molar refractivity (Wildman–Crippen MR) is 70.4 cm³/mol. The topological polar surface area (TPSA) is 41.6 Å². The Bertz CT molecular complexity index is 420. The Balaban J connectivity index is 2.09. The number of nitrogens with one attached hydrogen (secondary N) is 1. The van der Waals surface area contributed by atoms with Gasteiger partial charge in [-0.3, -0.25) is 4.79 Å².